The minimum Gasteiger partial charge on any atom is -0.380 e. The average Bonchev–Trinajstić information content (AvgIpc) is 2.36. The van der Waals surface area contributed by atoms with E-state index in [0.29, 0.717) is 24.3 Å². The first-order valence-corrected chi connectivity index (χ1v) is 7.50. The summed E-state index contributed by atoms with van der Waals surface area (Å²) in [5, 5.41) is 8.83. The molecule has 104 valence electrons. The number of ether oxygens (including phenoxy) is 1. The fourth-order valence-corrected chi connectivity index (χ4v) is 3.11. The zero-order valence-electron chi connectivity index (χ0n) is 11.3. The van der Waals surface area contributed by atoms with E-state index >= 15 is 0 Å². The predicted octanol–water partition coefficient (Wildman–Crippen LogP) is 1.57. The molecule has 0 aliphatic heterocycles. The molecule has 1 unspecified atom stereocenters. The highest BCUT2D eigenvalue weighted by Crippen LogP contribution is 2.17. The van der Waals surface area contributed by atoms with Crippen LogP contribution in [0.4, 0.5) is 0 Å². The monoisotopic (exact) mass is 282 g/mol. The number of nitrogens with zero attached hydrogens (tertiary/aromatic N) is 1. The first-order chi connectivity index (χ1) is 8.90. The topological polar surface area (TPSA) is 79.2 Å². The number of aryl methyl sites for hydroxylation is 1. The molecule has 1 aromatic rings. The van der Waals surface area contributed by atoms with E-state index in [2.05, 4.69) is 4.72 Å². The first-order valence-electron chi connectivity index (χ1n) is 6.01. The van der Waals surface area contributed by atoms with Gasteiger partial charge in [-0.1, -0.05) is 6.07 Å². The average molecular weight is 282 g/mol. The van der Waals surface area contributed by atoms with Gasteiger partial charge in [0.05, 0.1) is 23.1 Å². The van der Waals surface area contributed by atoms with E-state index in [9.17, 15) is 8.42 Å². The van der Waals surface area contributed by atoms with E-state index in [-0.39, 0.29) is 10.9 Å². The summed E-state index contributed by atoms with van der Waals surface area (Å²) < 4.78 is 32.1. The van der Waals surface area contributed by atoms with Gasteiger partial charge in [-0.05, 0) is 38.5 Å². The molecule has 0 aliphatic rings. The third-order valence-corrected chi connectivity index (χ3v) is 4.27. The van der Waals surface area contributed by atoms with Crippen LogP contribution in [-0.2, 0) is 14.8 Å². The van der Waals surface area contributed by atoms with Gasteiger partial charge in [-0.2, -0.15) is 5.26 Å². The molecule has 1 atom stereocenters. The summed E-state index contributed by atoms with van der Waals surface area (Å²) in [5.41, 5.74) is 0.929. The van der Waals surface area contributed by atoms with E-state index < -0.39 is 10.0 Å². The van der Waals surface area contributed by atoms with Crippen LogP contribution in [-0.4, -0.2) is 27.7 Å². The van der Waals surface area contributed by atoms with Crippen LogP contribution in [0.3, 0.4) is 0 Å². The van der Waals surface area contributed by atoms with Crippen molar-refractivity contribution in [1.29, 1.82) is 5.26 Å². The van der Waals surface area contributed by atoms with Gasteiger partial charge in [0.2, 0.25) is 10.0 Å². The van der Waals surface area contributed by atoms with Crippen molar-refractivity contribution in [3.8, 4) is 6.07 Å². The standard InChI is InChI=1S/C13H18N2O3S/c1-4-18-9-11(3)15-19(16,17)13-7-12(8-14)6-5-10(13)2/h5-7,11,15H,4,9H2,1-3H3. The van der Waals surface area contributed by atoms with Gasteiger partial charge in [0.25, 0.3) is 0 Å². The molecule has 0 heterocycles. The molecule has 1 N–H and O–H groups in total. The number of benzene rings is 1. The van der Waals surface area contributed by atoms with E-state index in [4.69, 9.17) is 10.00 Å². The summed E-state index contributed by atoms with van der Waals surface area (Å²) in [5.74, 6) is 0. The molecule has 0 spiro atoms. The second-order valence-electron chi connectivity index (χ2n) is 4.27. The molecule has 0 saturated carbocycles. The third-order valence-electron chi connectivity index (χ3n) is 2.54. The molecular formula is C13H18N2O3S. The second kappa shape index (κ2) is 6.66. The quantitative estimate of drug-likeness (QED) is 0.859. The largest absolute Gasteiger partial charge is 0.380 e. The van der Waals surface area contributed by atoms with Crippen LogP contribution >= 0.6 is 0 Å². The minimum absolute atomic E-state index is 0.134. The Hall–Kier alpha value is -1.42. The molecule has 0 fully saturated rings. The molecule has 19 heavy (non-hydrogen) atoms. The van der Waals surface area contributed by atoms with Crippen LogP contribution in [0.2, 0.25) is 0 Å². The third kappa shape index (κ3) is 4.31. The Morgan fingerprint density at radius 1 is 1.47 bits per heavy atom. The Balaban J connectivity index is 2.97. The van der Waals surface area contributed by atoms with Crippen molar-refractivity contribution >= 4 is 10.0 Å². The fraction of sp³-hybridized carbons (Fsp3) is 0.462. The molecule has 5 nitrogen and oxygen atoms in total. The van der Waals surface area contributed by atoms with Crippen molar-refractivity contribution in [3.63, 3.8) is 0 Å². The number of sulfonamides is 1. The van der Waals surface area contributed by atoms with E-state index in [1.807, 2.05) is 13.0 Å². The Labute approximate surface area is 114 Å². The van der Waals surface area contributed by atoms with Gasteiger partial charge in [0.15, 0.2) is 0 Å². The van der Waals surface area contributed by atoms with Crippen molar-refractivity contribution in [2.75, 3.05) is 13.2 Å². The summed E-state index contributed by atoms with van der Waals surface area (Å²) in [7, 11) is -3.63. The lowest BCUT2D eigenvalue weighted by molar-refractivity contribution is 0.133. The number of rotatable bonds is 6. The van der Waals surface area contributed by atoms with Gasteiger partial charge in [0.1, 0.15) is 0 Å². The summed E-state index contributed by atoms with van der Waals surface area (Å²) in [6.45, 7) is 6.13. The van der Waals surface area contributed by atoms with E-state index in [1.165, 1.54) is 6.07 Å². The molecule has 0 amide bonds. The highest BCUT2D eigenvalue weighted by molar-refractivity contribution is 7.89. The Morgan fingerprint density at radius 3 is 2.74 bits per heavy atom. The Morgan fingerprint density at radius 2 is 2.16 bits per heavy atom. The lowest BCUT2D eigenvalue weighted by Crippen LogP contribution is -2.36. The van der Waals surface area contributed by atoms with Gasteiger partial charge in [-0.15, -0.1) is 0 Å². The number of nitrogens with one attached hydrogen (secondary N) is 1. The van der Waals surface area contributed by atoms with Gasteiger partial charge in [0, 0.05) is 12.6 Å². The van der Waals surface area contributed by atoms with Gasteiger partial charge >= 0.3 is 0 Å². The Kier molecular flexibility index (Phi) is 5.48. The SMILES string of the molecule is CCOCC(C)NS(=O)(=O)c1cc(C#N)ccc1C. The van der Waals surface area contributed by atoms with Crippen LogP contribution in [0, 0.1) is 18.3 Å². The van der Waals surface area contributed by atoms with Crippen molar-refractivity contribution in [2.24, 2.45) is 0 Å². The molecule has 0 saturated heterocycles. The van der Waals surface area contributed by atoms with Crippen LogP contribution < -0.4 is 4.72 Å². The molecular weight excluding hydrogens is 264 g/mol. The maximum Gasteiger partial charge on any atom is 0.241 e. The maximum atomic E-state index is 12.2. The first kappa shape index (κ1) is 15.6. The van der Waals surface area contributed by atoms with E-state index in [1.54, 1.807) is 26.0 Å². The van der Waals surface area contributed by atoms with Crippen LogP contribution in [0.5, 0.6) is 0 Å². The molecule has 0 aromatic heterocycles. The lowest BCUT2D eigenvalue weighted by atomic mass is 10.2. The number of hydrogen-bond acceptors (Lipinski definition) is 4. The minimum atomic E-state index is -3.63. The molecule has 1 rings (SSSR count). The van der Waals surface area contributed by atoms with Crippen LogP contribution in [0.1, 0.15) is 25.0 Å². The Bertz CT molecular complexity index is 576. The van der Waals surface area contributed by atoms with Crippen molar-refractivity contribution < 1.29 is 13.2 Å². The summed E-state index contributed by atoms with van der Waals surface area (Å²) in [6, 6.07) is 6.21. The highest BCUT2D eigenvalue weighted by atomic mass is 32.2. The predicted molar refractivity (Wildman–Crippen MR) is 72.2 cm³/mol. The van der Waals surface area contributed by atoms with Crippen molar-refractivity contribution in [3.05, 3.63) is 29.3 Å². The van der Waals surface area contributed by atoms with Crippen molar-refractivity contribution in [1.82, 2.24) is 4.72 Å². The lowest BCUT2D eigenvalue weighted by Gasteiger charge is -2.15. The van der Waals surface area contributed by atoms with Gasteiger partial charge < -0.3 is 4.74 Å². The van der Waals surface area contributed by atoms with Gasteiger partial charge in [-0.25, -0.2) is 13.1 Å². The smallest absolute Gasteiger partial charge is 0.241 e. The van der Waals surface area contributed by atoms with Gasteiger partial charge in [-0.3, -0.25) is 0 Å². The maximum absolute atomic E-state index is 12.2. The molecule has 0 aliphatic carbocycles. The van der Waals surface area contributed by atoms with E-state index in [0.717, 1.165) is 0 Å². The molecule has 6 heteroatoms. The number of hydrogen-bond donors (Lipinski definition) is 1. The van der Waals surface area contributed by atoms with Crippen LogP contribution in [0.25, 0.3) is 0 Å². The number of nitriles is 1. The molecule has 0 bridgehead atoms. The normalized spacial score (nSPS) is 12.9. The molecule has 1 aromatic carbocycles. The fourth-order valence-electron chi connectivity index (χ4n) is 1.62. The summed E-state index contributed by atoms with van der Waals surface area (Å²) in [4.78, 5) is 0.134. The summed E-state index contributed by atoms with van der Waals surface area (Å²) in [6.07, 6.45) is 0. The van der Waals surface area contributed by atoms with Crippen molar-refractivity contribution in [2.45, 2.75) is 31.7 Å². The molecule has 0 radical (unpaired) electrons. The van der Waals surface area contributed by atoms with Crippen LogP contribution in [0.15, 0.2) is 23.1 Å². The second-order valence-corrected chi connectivity index (χ2v) is 5.96. The summed E-state index contributed by atoms with van der Waals surface area (Å²) >= 11 is 0. The zero-order valence-corrected chi connectivity index (χ0v) is 12.1. The zero-order chi connectivity index (χ0) is 14.5. The highest BCUT2D eigenvalue weighted by Gasteiger charge is 2.20.